The molecule has 3 aromatic rings. The number of hydrogen-bond donors (Lipinski definition) is 0. The van der Waals surface area contributed by atoms with Gasteiger partial charge in [-0.15, -0.1) is 11.8 Å². The summed E-state index contributed by atoms with van der Waals surface area (Å²) in [7, 11) is 4.26. The molecule has 0 aliphatic rings. The molecule has 0 spiro atoms. The number of rotatable bonds is 6. The first-order valence-corrected chi connectivity index (χ1v) is 8.68. The van der Waals surface area contributed by atoms with Gasteiger partial charge in [-0.25, -0.2) is 0 Å². The van der Waals surface area contributed by atoms with Gasteiger partial charge in [0.15, 0.2) is 0 Å². The standard InChI is InChI=1S/C19H22N2S/c1-20(2)13-8-14-22-19-15-16-9-6-7-12-18(16)21(19)17-10-4-3-5-11-17/h3-7,9-12,15H,8,13-14H2,1-2H3. The van der Waals surface area contributed by atoms with Crippen LogP contribution in [0, 0.1) is 0 Å². The van der Waals surface area contributed by atoms with Crippen molar-refractivity contribution in [2.75, 3.05) is 26.4 Å². The summed E-state index contributed by atoms with van der Waals surface area (Å²) in [6, 6.07) is 21.6. The third-order valence-corrected chi connectivity index (χ3v) is 4.78. The van der Waals surface area contributed by atoms with Crippen LogP contribution in [0.15, 0.2) is 65.7 Å². The molecular formula is C19H22N2S. The summed E-state index contributed by atoms with van der Waals surface area (Å²) in [5, 5.41) is 2.63. The van der Waals surface area contributed by atoms with Crippen LogP contribution in [0.3, 0.4) is 0 Å². The maximum atomic E-state index is 2.37. The lowest BCUT2D eigenvalue weighted by molar-refractivity contribution is 0.410. The Hall–Kier alpha value is -1.71. The van der Waals surface area contributed by atoms with Crippen LogP contribution < -0.4 is 0 Å². The highest BCUT2D eigenvalue weighted by Crippen LogP contribution is 2.31. The molecule has 0 aliphatic heterocycles. The Morgan fingerprint density at radius 1 is 0.955 bits per heavy atom. The van der Waals surface area contributed by atoms with E-state index in [2.05, 4.69) is 84.2 Å². The van der Waals surface area contributed by atoms with E-state index in [4.69, 9.17) is 0 Å². The van der Waals surface area contributed by atoms with E-state index >= 15 is 0 Å². The van der Waals surface area contributed by atoms with Gasteiger partial charge in [0.2, 0.25) is 0 Å². The van der Waals surface area contributed by atoms with Gasteiger partial charge in [0.25, 0.3) is 0 Å². The Morgan fingerprint density at radius 3 is 2.45 bits per heavy atom. The summed E-state index contributed by atoms with van der Waals surface area (Å²) in [6.45, 7) is 1.14. The van der Waals surface area contributed by atoms with E-state index in [0.29, 0.717) is 0 Å². The highest BCUT2D eigenvalue weighted by molar-refractivity contribution is 7.99. The van der Waals surface area contributed by atoms with E-state index in [9.17, 15) is 0 Å². The average molecular weight is 310 g/mol. The van der Waals surface area contributed by atoms with E-state index in [1.807, 2.05) is 11.8 Å². The smallest absolute Gasteiger partial charge is 0.0805 e. The Balaban J connectivity index is 1.92. The first-order valence-electron chi connectivity index (χ1n) is 7.69. The van der Waals surface area contributed by atoms with Crippen molar-refractivity contribution >= 4 is 22.7 Å². The van der Waals surface area contributed by atoms with Gasteiger partial charge in [0, 0.05) is 16.8 Å². The fraction of sp³-hybridized carbons (Fsp3) is 0.263. The molecule has 22 heavy (non-hydrogen) atoms. The minimum absolute atomic E-state index is 1.14. The molecule has 1 aromatic heterocycles. The van der Waals surface area contributed by atoms with Gasteiger partial charge < -0.3 is 9.47 Å². The van der Waals surface area contributed by atoms with E-state index in [-0.39, 0.29) is 0 Å². The fourth-order valence-corrected chi connectivity index (χ4v) is 3.66. The van der Waals surface area contributed by atoms with Gasteiger partial charge in [-0.3, -0.25) is 0 Å². The van der Waals surface area contributed by atoms with E-state index in [1.165, 1.54) is 28.0 Å². The molecule has 0 bridgehead atoms. The molecule has 0 N–H and O–H groups in total. The van der Waals surface area contributed by atoms with Crippen molar-refractivity contribution in [3.05, 3.63) is 60.7 Å². The maximum absolute atomic E-state index is 2.37. The highest BCUT2D eigenvalue weighted by atomic mass is 32.2. The predicted molar refractivity (Wildman–Crippen MR) is 97.2 cm³/mol. The molecule has 0 saturated heterocycles. The second-order valence-electron chi connectivity index (χ2n) is 5.72. The van der Waals surface area contributed by atoms with Crippen molar-refractivity contribution < 1.29 is 0 Å². The van der Waals surface area contributed by atoms with Gasteiger partial charge in [-0.1, -0.05) is 36.4 Å². The van der Waals surface area contributed by atoms with Crippen LogP contribution in [0.2, 0.25) is 0 Å². The number of thioether (sulfide) groups is 1. The molecule has 1 heterocycles. The Labute approximate surface area is 136 Å². The van der Waals surface area contributed by atoms with Crippen molar-refractivity contribution in [1.82, 2.24) is 9.47 Å². The SMILES string of the molecule is CN(C)CCCSc1cc2ccccc2n1-c1ccccc1. The van der Waals surface area contributed by atoms with Crippen LogP contribution in [0.25, 0.3) is 16.6 Å². The molecular weight excluding hydrogens is 288 g/mol. The highest BCUT2D eigenvalue weighted by Gasteiger charge is 2.10. The summed E-state index contributed by atoms with van der Waals surface area (Å²) in [4.78, 5) is 2.24. The van der Waals surface area contributed by atoms with Gasteiger partial charge in [-0.05, 0) is 51.3 Å². The predicted octanol–water partition coefficient (Wildman–Crippen LogP) is 4.67. The first-order chi connectivity index (χ1) is 10.8. The summed E-state index contributed by atoms with van der Waals surface area (Å²) >= 11 is 1.95. The van der Waals surface area contributed by atoms with Crippen molar-refractivity contribution in [3.63, 3.8) is 0 Å². The average Bonchev–Trinajstić information content (AvgIpc) is 2.90. The van der Waals surface area contributed by atoms with Gasteiger partial charge >= 0.3 is 0 Å². The van der Waals surface area contributed by atoms with Crippen LogP contribution in [0.4, 0.5) is 0 Å². The Morgan fingerprint density at radius 2 is 1.68 bits per heavy atom. The monoisotopic (exact) mass is 310 g/mol. The number of aromatic nitrogens is 1. The number of para-hydroxylation sites is 2. The van der Waals surface area contributed by atoms with Gasteiger partial charge in [0.1, 0.15) is 0 Å². The normalized spacial score (nSPS) is 11.4. The molecule has 114 valence electrons. The van der Waals surface area contributed by atoms with Crippen molar-refractivity contribution in [2.24, 2.45) is 0 Å². The Kier molecular flexibility index (Phi) is 4.86. The lowest BCUT2D eigenvalue weighted by Crippen LogP contribution is -2.13. The zero-order chi connectivity index (χ0) is 15.4. The van der Waals surface area contributed by atoms with Crippen LogP contribution in [-0.4, -0.2) is 35.9 Å². The van der Waals surface area contributed by atoms with Gasteiger partial charge in [0.05, 0.1) is 10.5 Å². The van der Waals surface area contributed by atoms with E-state index in [0.717, 1.165) is 12.3 Å². The van der Waals surface area contributed by atoms with Crippen LogP contribution >= 0.6 is 11.8 Å². The number of benzene rings is 2. The zero-order valence-electron chi connectivity index (χ0n) is 13.2. The summed E-state index contributed by atoms with van der Waals surface area (Å²) in [6.07, 6.45) is 1.20. The first kappa shape index (κ1) is 15.2. The molecule has 2 nitrogen and oxygen atoms in total. The molecule has 2 aromatic carbocycles. The summed E-state index contributed by atoms with van der Waals surface area (Å²) in [5.41, 5.74) is 2.52. The number of fused-ring (bicyclic) bond motifs is 1. The molecule has 0 radical (unpaired) electrons. The molecule has 3 heteroatoms. The topological polar surface area (TPSA) is 8.17 Å². The van der Waals surface area contributed by atoms with Crippen molar-refractivity contribution in [3.8, 4) is 5.69 Å². The molecule has 0 amide bonds. The second-order valence-corrected chi connectivity index (χ2v) is 6.83. The summed E-state index contributed by atoms with van der Waals surface area (Å²) in [5.74, 6) is 1.14. The minimum Gasteiger partial charge on any atom is -0.309 e. The molecule has 3 rings (SSSR count). The minimum atomic E-state index is 1.14. The fourth-order valence-electron chi connectivity index (χ4n) is 2.64. The molecule has 0 atom stereocenters. The molecule has 0 unspecified atom stereocenters. The zero-order valence-corrected chi connectivity index (χ0v) is 14.0. The molecule has 0 fully saturated rings. The van der Waals surface area contributed by atoms with E-state index in [1.54, 1.807) is 0 Å². The third kappa shape index (κ3) is 3.37. The van der Waals surface area contributed by atoms with Crippen molar-refractivity contribution in [1.29, 1.82) is 0 Å². The number of hydrogen-bond acceptors (Lipinski definition) is 2. The van der Waals surface area contributed by atoms with Crippen LogP contribution in [0.1, 0.15) is 6.42 Å². The lowest BCUT2D eigenvalue weighted by Gasteiger charge is -2.12. The van der Waals surface area contributed by atoms with E-state index < -0.39 is 0 Å². The van der Waals surface area contributed by atoms with Gasteiger partial charge in [-0.2, -0.15) is 0 Å². The third-order valence-electron chi connectivity index (χ3n) is 3.69. The largest absolute Gasteiger partial charge is 0.309 e. The lowest BCUT2D eigenvalue weighted by atomic mass is 10.2. The quantitative estimate of drug-likeness (QED) is 0.483. The maximum Gasteiger partial charge on any atom is 0.0805 e. The summed E-state index contributed by atoms with van der Waals surface area (Å²) < 4.78 is 2.37. The van der Waals surface area contributed by atoms with Crippen LogP contribution in [0.5, 0.6) is 0 Å². The van der Waals surface area contributed by atoms with Crippen molar-refractivity contribution in [2.45, 2.75) is 11.4 Å². The molecule has 0 aliphatic carbocycles. The molecule has 0 saturated carbocycles. The van der Waals surface area contributed by atoms with Crippen LogP contribution in [-0.2, 0) is 0 Å². The Bertz CT molecular complexity index is 732. The second kappa shape index (κ2) is 7.03. The number of nitrogens with zero attached hydrogens (tertiary/aromatic N) is 2.